The second kappa shape index (κ2) is 6.91. The summed E-state index contributed by atoms with van der Waals surface area (Å²) in [4.78, 5) is 13.1. The summed E-state index contributed by atoms with van der Waals surface area (Å²) in [6.07, 6.45) is -4.43. The lowest BCUT2D eigenvalue weighted by Crippen LogP contribution is -2.53. The molecule has 4 nitrogen and oxygen atoms in total. The third-order valence-electron chi connectivity index (χ3n) is 3.12. The van der Waals surface area contributed by atoms with E-state index >= 15 is 0 Å². The molecule has 0 bridgehead atoms. The Kier molecular flexibility index (Phi) is 5.19. The highest BCUT2D eigenvalue weighted by atomic mass is 19.4. The van der Waals surface area contributed by atoms with E-state index in [0.717, 1.165) is 4.90 Å². The van der Waals surface area contributed by atoms with E-state index in [1.807, 2.05) is 0 Å². The zero-order chi connectivity index (χ0) is 15.3. The van der Waals surface area contributed by atoms with Crippen molar-refractivity contribution in [3.8, 4) is 0 Å². The number of halogens is 3. The molecule has 0 saturated carbocycles. The summed E-state index contributed by atoms with van der Waals surface area (Å²) in [5.74, 6) is -0.587. The smallest absolute Gasteiger partial charge is 0.378 e. The normalized spacial score (nSPS) is 19.3. The van der Waals surface area contributed by atoms with Gasteiger partial charge >= 0.3 is 6.18 Å². The van der Waals surface area contributed by atoms with Gasteiger partial charge in [0.05, 0.1) is 13.2 Å². The van der Waals surface area contributed by atoms with Crippen molar-refractivity contribution in [1.29, 1.82) is 0 Å². The first kappa shape index (κ1) is 15.8. The second-order valence-corrected chi connectivity index (χ2v) is 4.88. The highest BCUT2D eigenvalue weighted by Gasteiger charge is 2.35. The lowest BCUT2D eigenvalue weighted by molar-refractivity contribution is -0.165. The van der Waals surface area contributed by atoms with Crippen molar-refractivity contribution in [2.24, 2.45) is 0 Å². The van der Waals surface area contributed by atoms with Crippen LogP contribution in [0.2, 0.25) is 0 Å². The van der Waals surface area contributed by atoms with Crippen LogP contribution < -0.4 is 5.32 Å². The highest BCUT2D eigenvalue weighted by molar-refractivity contribution is 5.82. The van der Waals surface area contributed by atoms with Gasteiger partial charge in [-0.15, -0.1) is 0 Å². The van der Waals surface area contributed by atoms with Crippen LogP contribution in [-0.2, 0) is 16.1 Å². The summed E-state index contributed by atoms with van der Waals surface area (Å²) >= 11 is 0. The molecule has 2 rings (SSSR count). The number of rotatable bonds is 4. The minimum atomic E-state index is -4.43. The van der Waals surface area contributed by atoms with E-state index in [0.29, 0.717) is 18.7 Å². The molecule has 1 N–H and O–H groups in total. The molecule has 1 aromatic rings. The zero-order valence-corrected chi connectivity index (χ0v) is 11.4. The van der Waals surface area contributed by atoms with Crippen molar-refractivity contribution in [3.63, 3.8) is 0 Å². The highest BCUT2D eigenvalue weighted by Crippen LogP contribution is 2.19. The van der Waals surface area contributed by atoms with Crippen molar-refractivity contribution < 1.29 is 22.7 Å². The monoisotopic (exact) mass is 302 g/mol. The molecule has 1 unspecified atom stereocenters. The fourth-order valence-electron chi connectivity index (χ4n) is 2.18. The zero-order valence-electron chi connectivity index (χ0n) is 11.4. The Balaban J connectivity index is 2.09. The van der Waals surface area contributed by atoms with Crippen LogP contribution in [0.3, 0.4) is 0 Å². The predicted octanol–water partition coefficient (Wildman–Crippen LogP) is 1.57. The van der Waals surface area contributed by atoms with Crippen LogP contribution in [0.25, 0.3) is 0 Å². The standard InChI is InChI=1S/C14H17F3N2O2/c15-14(16,17)10-19(8-11-4-2-1-3-5-11)13(20)12-9-21-7-6-18-12/h1-5,12,18H,6-10H2. The molecule has 1 saturated heterocycles. The molecule has 1 aliphatic heterocycles. The van der Waals surface area contributed by atoms with E-state index in [1.165, 1.54) is 0 Å². The fourth-order valence-corrected chi connectivity index (χ4v) is 2.18. The van der Waals surface area contributed by atoms with E-state index in [1.54, 1.807) is 30.3 Å². The number of carbonyl (C=O) groups excluding carboxylic acids is 1. The van der Waals surface area contributed by atoms with Crippen LogP contribution in [0, 0.1) is 0 Å². The molecule has 21 heavy (non-hydrogen) atoms. The second-order valence-electron chi connectivity index (χ2n) is 4.88. The van der Waals surface area contributed by atoms with Gasteiger partial charge in [-0.3, -0.25) is 4.79 Å². The van der Waals surface area contributed by atoms with Gasteiger partial charge in [0.25, 0.3) is 0 Å². The maximum atomic E-state index is 12.7. The van der Waals surface area contributed by atoms with Gasteiger partial charge in [-0.25, -0.2) is 0 Å². The lowest BCUT2D eigenvalue weighted by atomic mass is 10.1. The summed E-state index contributed by atoms with van der Waals surface area (Å²) in [6, 6.07) is 7.91. The maximum Gasteiger partial charge on any atom is 0.406 e. The van der Waals surface area contributed by atoms with Crippen LogP contribution in [0.5, 0.6) is 0 Å². The van der Waals surface area contributed by atoms with Crippen LogP contribution in [0.4, 0.5) is 13.2 Å². The van der Waals surface area contributed by atoms with E-state index in [9.17, 15) is 18.0 Å². The van der Waals surface area contributed by atoms with Crippen molar-refractivity contribution >= 4 is 5.91 Å². The molecule has 1 amide bonds. The Bertz CT molecular complexity index is 459. The number of amides is 1. The van der Waals surface area contributed by atoms with Crippen LogP contribution >= 0.6 is 0 Å². The van der Waals surface area contributed by atoms with Gasteiger partial charge in [0.2, 0.25) is 5.91 Å². The number of carbonyl (C=O) groups is 1. The third kappa shape index (κ3) is 5.02. The Hall–Kier alpha value is -1.60. The summed E-state index contributed by atoms with van der Waals surface area (Å²) in [6.45, 7) is -0.318. The third-order valence-corrected chi connectivity index (χ3v) is 3.12. The van der Waals surface area contributed by atoms with E-state index in [2.05, 4.69) is 5.32 Å². The first-order valence-electron chi connectivity index (χ1n) is 6.66. The minimum absolute atomic E-state index is 0.0721. The van der Waals surface area contributed by atoms with Gasteiger partial charge in [-0.1, -0.05) is 30.3 Å². The van der Waals surface area contributed by atoms with E-state index < -0.39 is 24.7 Å². The number of morpholine rings is 1. The van der Waals surface area contributed by atoms with Crippen LogP contribution in [-0.4, -0.2) is 49.3 Å². The number of nitrogens with one attached hydrogen (secondary N) is 1. The number of nitrogens with zero attached hydrogens (tertiary/aromatic N) is 1. The first-order valence-corrected chi connectivity index (χ1v) is 6.66. The minimum Gasteiger partial charge on any atom is -0.378 e. The number of ether oxygens (including phenoxy) is 1. The van der Waals surface area contributed by atoms with Gasteiger partial charge in [0.1, 0.15) is 12.6 Å². The maximum absolute atomic E-state index is 12.7. The largest absolute Gasteiger partial charge is 0.406 e. The van der Waals surface area contributed by atoms with E-state index in [4.69, 9.17) is 4.74 Å². The molecule has 1 heterocycles. The van der Waals surface area contributed by atoms with Gasteiger partial charge in [0, 0.05) is 13.1 Å². The molecule has 1 aliphatic rings. The Morgan fingerprint density at radius 3 is 2.62 bits per heavy atom. The molecule has 0 aliphatic carbocycles. The predicted molar refractivity (Wildman–Crippen MR) is 70.5 cm³/mol. The topological polar surface area (TPSA) is 41.6 Å². The molecule has 1 fully saturated rings. The Labute approximate surface area is 120 Å². The molecular formula is C14H17F3N2O2. The molecular weight excluding hydrogens is 285 g/mol. The SMILES string of the molecule is O=C(C1COCCN1)N(Cc1ccccc1)CC(F)(F)F. The molecule has 0 radical (unpaired) electrons. The molecule has 116 valence electrons. The molecule has 1 atom stereocenters. The van der Waals surface area contributed by atoms with Crippen molar-refractivity contribution in [2.45, 2.75) is 18.8 Å². The number of benzene rings is 1. The average molecular weight is 302 g/mol. The summed E-state index contributed by atoms with van der Waals surface area (Å²) in [5, 5.41) is 2.89. The van der Waals surface area contributed by atoms with Gasteiger partial charge in [-0.2, -0.15) is 13.2 Å². The molecule has 7 heteroatoms. The first-order chi connectivity index (χ1) is 9.96. The summed E-state index contributed by atoms with van der Waals surface area (Å²) in [7, 11) is 0. The van der Waals surface area contributed by atoms with Crippen molar-refractivity contribution in [2.75, 3.05) is 26.3 Å². The number of alkyl halides is 3. The Morgan fingerprint density at radius 2 is 2.05 bits per heavy atom. The average Bonchev–Trinajstić information content (AvgIpc) is 2.46. The fraction of sp³-hybridized carbons (Fsp3) is 0.500. The summed E-state index contributed by atoms with van der Waals surface area (Å²) in [5.41, 5.74) is 0.659. The summed E-state index contributed by atoms with van der Waals surface area (Å²) < 4.78 is 43.2. The molecule has 0 aromatic heterocycles. The van der Waals surface area contributed by atoms with Crippen LogP contribution in [0.15, 0.2) is 30.3 Å². The molecule has 1 aromatic carbocycles. The molecule has 0 spiro atoms. The van der Waals surface area contributed by atoms with Gasteiger partial charge < -0.3 is 15.0 Å². The van der Waals surface area contributed by atoms with Gasteiger partial charge in [0.15, 0.2) is 0 Å². The van der Waals surface area contributed by atoms with E-state index in [-0.39, 0.29) is 13.2 Å². The number of hydrogen-bond donors (Lipinski definition) is 1. The quantitative estimate of drug-likeness (QED) is 0.918. The van der Waals surface area contributed by atoms with Crippen molar-refractivity contribution in [3.05, 3.63) is 35.9 Å². The number of hydrogen-bond acceptors (Lipinski definition) is 3. The van der Waals surface area contributed by atoms with Crippen molar-refractivity contribution in [1.82, 2.24) is 10.2 Å². The lowest BCUT2D eigenvalue weighted by Gasteiger charge is -2.30. The Morgan fingerprint density at radius 1 is 1.33 bits per heavy atom. The van der Waals surface area contributed by atoms with Gasteiger partial charge in [-0.05, 0) is 5.56 Å². The van der Waals surface area contributed by atoms with Crippen LogP contribution in [0.1, 0.15) is 5.56 Å².